The molecular weight excluding hydrogens is 248 g/mol. The smallest absolute Gasteiger partial charge is 0.257 e. The topological polar surface area (TPSA) is 34.0 Å². The zero-order valence-corrected chi connectivity index (χ0v) is 12.8. The van der Waals surface area contributed by atoms with Crippen LogP contribution in [0.1, 0.15) is 47.2 Å². The van der Waals surface area contributed by atoms with Crippen LogP contribution in [0.25, 0.3) is 0 Å². The first-order valence-electron chi connectivity index (χ1n) is 6.96. The van der Waals surface area contributed by atoms with Crippen LogP contribution in [0.2, 0.25) is 0 Å². The first-order chi connectivity index (χ1) is 9.40. The minimum absolute atomic E-state index is 0.0457. The number of hydrogen-bond acceptors (Lipinski definition) is 1. The van der Waals surface area contributed by atoms with Crippen molar-refractivity contribution in [2.45, 2.75) is 40.7 Å². The first kappa shape index (κ1) is 14.4. The zero-order chi connectivity index (χ0) is 14.9. The monoisotopic (exact) mass is 270 g/mol. The van der Waals surface area contributed by atoms with Crippen LogP contribution in [-0.4, -0.2) is 10.5 Å². The van der Waals surface area contributed by atoms with Gasteiger partial charge in [0.2, 0.25) is 0 Å². The number of benzene rings is 1. The number of aryl methyl sites for hydroxylation is 2. The SMILES string of the molecule is Cc1cccc(NC(=O)c2cc(C)n(C(C)C)c2C)c1. The zero-order valence-electron chi connectivity index (χ0n) is 12.8. The summed E-state index contributed by atoms with van der Waals surface area (Å²) in [5.74, 6) is -0.0457. The highest BCUT2D eigenvalue weighted by atomic mass is 16.1. The van der Waals surface area contributed by atoms with Gasteiger partial charge in [0.15, 0.2) is 0 Å². The van der Waals surface area contributed by atoms with Gasteiger partial charge in [-0.3, -0.25) is 4.79 Å². The number of nitrogens with one attached hydrogen (secondary N) is 1. The largest absolute Gasteiger partial charge is 0.346 e. The maximum absolute atomic E-state index is 12.4. The Morgan fingerprint density at radius 2 is 1.85 bits per heavy atom. The summed E-state index contributed by atoms with van der Waals surface area (Å²) in [5.41, 5.74) is 4.85. The van der Waals surface area contributed by atoms with Crippen molar-refractivity contribution < 1.29 is 4.79 Å². The first-order valence-corrected chi connectivity index (χ1v) is 6.96. The predicted octanol–water partition coefficient (Wildman–Crippen LogP) is 4.25. The van der Waals surface area contributed by atoms with Crippen LogP contribution in [0.3, 0.4) is 0 Å². The van der Waals surface area contributed by atoms with E-state index >= 15 is 0 Å². The molecule has 0 saturated carbocycles. The van der Waals surface area contributed by atoms with E-state index in [0.29, 0.717) is 6.04 Å². The van der Waals surface area contributed by atoms with Crippen molar-refractivity contribution in [3.63, 3.8) is 0 Å². The Hall–Kier alpha value is -2.03. The van der Waals surface area contributed by atoms with Gasteiger partial charge in [-0.1, -0.05) is 12.1 Å². The van der Waals surface area contributed by atoms with Crippen molar-refractivity contribution >= 4 is 11.6 Å². The van der Waals surface area contributed by atoms with Gasteiger partial charge in [-0.05, 0) is 58.4 Å². The lowest BCUT2D eigenvalue weighted by Gasteiger charge is -2.13. The Kier molecular flexibility index (Phi) is 3.98. The molecule has 2 aromatic rings. The molecule has 0 saturated heterocycles. The maximum atomic E-state index is 12.4. The maximum Gasteiger partial charge on any atom is 0.257 e. The molecule has 0 radical (unpaired) electrons. The number of carbonyl (C=O) groups is 1. The highest BCUT2D eigenvalue weighted by Gasteiger charge is 2.17. The molecule has 3 heteroatoms. The molecule has 0 atom stereocenters. The highest BCUT2D eigenvalue weighted by molar-refractivity contribution is 6.05. The molecule has 1 aromatic carbocycles. The van der Waals surface area contributed by atoms with Crippen LogP contribution in [0, 0.1) is 20.8 Å². The van der Waals surface area contributed by atoms with Crippen LogP contribution in [0.5, 0.6) is 0 Å². The van der Waals surface area contributed by atoms with Crippen molar-refractivity contribution in [2.75, 3.05) is 5.32 Å². The number of aromatic nitrogens is 1. The second kappa shape index (κ2) is 5.53. The number of anilines is 1. The van der Waals surface area contributed by atoms with Gasteiger partial charge in [-0.25, -0.2) is 0 Å². The minimum Gasteiger partial charge on any atom is -0.346 e. The number of amides is 1. The lowest BCUT2D eigenvalue weighted by atomic mass is 10.2. The molecule has 3 nitrogen and oxygen atoms in total. The van der Waals surface area contributed by atoms with Crippen molar-refractivity contribution in [3.8, 4) is 0 Å². The average Bonchev–Trinajstić information content (AvgIpc) is 2.64. The van der Waals surface area contributed by atoms with Crippen molar-refractivity contribution in [2.24, 2.45) is 0 Å². The second-order valence-corrected chi connectivity index (χ2v) is 5.57. The number of carbonyl (C=O) groups excluding carboxylic acids is 1. The molecule has 106 valence electrons. The standard InChI is InChI=1S/C17H22N2O/c1-11(2)19-13(4)10-16(14(19)5)17(20)18-15-8-6-7-12(3)9-15/h6-11H,1-5H3,(H,18,20). The third-order valence-electron chi connectivity index (χ3n) is 3.52. The van der Waals surface area contributed by atoms with E-state index in [1.54, 1.807) is 0 Å². The third-order valence-corrected chi connectivity index (χ3v) is 3.52. The Morgan fingerprint density at radius 1 is 1.15 bits per heavy atom. The highest BCUT2D eigenvalue weighted by Crippen LogP contribution is 2.21. The van der Waals surface area contributed by atoms with Gasteiger partial charge < -0.3 is 9.88 Å². The van der Waals surface area contributed by atoms with Crippen LogP contribution in [0.15, 0.2) is 30.3 Å². The summed E-state index contributed by atoms with van der Waals surface area (Å²) >= 11 is 0. The molecule has 2 rings (SSSR count). The normalized spacial score (nSPS) is 10.9. The molecule has 0 aliphatic rings. The second-order valence-electron chi connectivity index (χ2n) is 5.57. The fourth-order valence-electron chi connectivity index (χ4n) is 2.72. The number of nitrogens with zero attached hydrogens (tertiary/aromatic N) is 1. The van der Waals surface area contributed by atoms with E-state index < -0.39 is 0 Å². The molecule has 1 aromatic heterocycles. The molecule has 0 fully saturated rings. The lowest BCUT2D eigenvalue weighted by Crippen LogP contribution is -2.13. The summed E-state index contributed by atoms with van der Waals surface area (Å²) in [6.07, 6.45) is 0. The minimum atomic E-state index is -0.0457. The van der Waals surface area contributed by atoms with Gasteiger partial charge >= 0.3 is 0 Å². The summed E-state index contributed by atoms with van der Waals surface area (Å²) in [7, 11) is 0. The Balaban J connectivity index is 2.28. The van der Waals surface area contributed by atoms with Gasteiger partial charge in [0, 0.05) is 23.1 Å². The van der Waals surface area contributed by atoms with E-state index in [0.717, 1.165) is 28.2 Å². The van der Waals surface area contributed by atoms with E-state index in [4.69, 9.17) is 0 Å². The molecule has 20 heavy (non-hydrogen) atoms. The molecular formula is C17H22N2O. The Labute approximate surface area is 120 Å². The molecule has 0 spiro atoms. The van der Waals surface area contributed by atoms with Crippen LogP contribution in [0.4, 0.5) is 5.69 Å². The van der Waals surface area contributed by atoms with Crippen LogP contribution < -0.4 is 5.32 Å². The molecule has 1 N–H and O–H groups in total. The summed E-state index contributed by atoms with van der Waals surface area (Å²) in [4.78, 5) is 12.4. The van der Waals surface area contributed by atoms with E-state index in [1.807, 2.05) is 51.1 Å². The lowest BCUT2D eigenvalue weighted by molar-refractivity contribution is 0.102. The number of rotatable bonds is 3. The molecule has 0 aliphatic carbocycles. The summed E-state index contributed by atoms with van der Waals surface area (Å²) in [5, 5.41) is 2.97. The van der Waals surface area contributed by atoms with E-state index in [9.17, 15) is 4.79 Å². The van der Waals surface area contributed by atoms with Gasteiger partial charge in [0.25, 0.3) is 5.91 Å². The molecule has 0 unspecified atom stereocenters. The Bertz CT molecular complexity index is 638. The average molecular weight is 270 g/mol. The van der Waals surface area contributed by atoms with Crippen LogP contribution >= 0.6 is 0 Å². The molecule has 1 amide bonds. The fourth-order valence-corrected chi connectivity index (χ4v) is 2.72. The summed E-state index contributed by atoms with van der Waals surface area (Å²) in [6.45, 7) is 10.3. The van der Waals surface area contributed by atoms with Crippen molar-refractivity contribution in [1.82, 2.24) is 4.57 Å². The Morgan fingerprint density at radius 3 is 2.40 bits per heavy atom. The quantitative estimate of drug-likeness (QED) is 0.889. The summed E-state index contributed by atoms with van der Waals surface area (Å²) in [6, 6.07) is 10.2. The van der Waals surface area contributed by atoms with Crippen LogP contribution in [-0.2, 0) is 0 Å². The summed E-state index contributed by atoms with van der Waals surface area (Å²) < 4.78 is 2.19. The van der Waals surface area contributed by atoms with Gasteiger partial charge in [-0.15, -0.1) is 0 Å². The van der Waals surface area contributed by atoms with E-state index in [-0.39, 0.29) is 5.91 Å². The van der Waals surface area contributed by atoms with E-state index in [2.05, 4.69) is 23.7 Å². The van der Waals surface area contributed by atoms with Gasteiger partial charge in [-0.2, -0.15) is 0 Å². The molecule has 0 bridgehead atoms. The fraction of sp³-hybridized carbons (Fsp3) is 0.353. The molecule has 0 aliphatic heterocycles. The van der Waals surface area contributed by atoms with E-state index in [1.165, 1.54) is 0 Å². The van der Waals surface area contributed by atoms with Gasteiger partial charge in [0.1, 0.15) is 0 Å². The predicted molar refractivity (Wildman–Crippen MR) is 83.4 cm³/mol. The van der Waals surface area contributed by atoms with Crippen molar-refractivity contribution in [3.05, 3.63) is 52.8 Å². The van der Waals surface area contributed by atoms with Crippen molar-refractivity contribution in [1.29, 1.82) is 0 Å². The van der Waals surface area contributed by atoms with Gasteiger partial charge in [0.05, 0.1) is 5.56 Å². The molecule has 1 heterocycles. The number of hydrogen-bond donors (Lipinski definition) is 1. The third kappa shape index (κ3) is 2.77.